The number of carbonyl (C=O) groups excluding carboxylic acids is 1. The molecule has 1 aromatic heterocycles. The Bertz CT molecular complexity index is 1370. The number of carbonyl (C=O) groups is 1. The Balaban J connectivity index is 1.39. The van der Waals surface area contributed by atoms with E-state index in [1.807, 2.05) is 86.0 Å². The molecule has 202 valence electrons. The highest BCUT2D eigenvalue weighted by atomic mass is 32.1. The maximum absolute atomic E-state index is 13.0. The van der Waals surface area contributed by atoms with Crippen molar-refractivity contribution in [2.75, 3.05) is 19.0 Å². The zero-order chi connectivity index (χ0) is 27.2. The quantitative estimate of drug-likeness (QED) is 0.216. The third-order valence-electron chi connectivity index (χ3n) is 6.79. The lowest BCUT2D eigenvalue weighted by Gasteiger charge is -2.43. The van der Waals surface area contributed by atoms with E-state index in [1.165, 1.54) is 16.9 Å². The fourth-order valence-corrected chi connectivity index (χ4v) is 5.29. The SMILES string of the molecule is COc1ccc(CNc2ccc3c(c2)C(OCCc2ccccc2)C(OC(=O)c2cccs2)C(C)(C)O3)cc1. The van der Waals surface area contributed by atoms with Gasteiger partial charge in [-0.1, -0.05) is 48.5 Å². The molecule has 39 heavy (non-hydrogen) atoms. The molecule has 5 rings (SSSR count). The van der Waals surface area contributed by atoms with Crippen molar-refractivity contribution in [2.45, 2.75) is 44.6 Å². The van der Waals surface area contributed by atoms with Gasteiger partial charge in [0.1, 0.15) is 28.1 Å². The van der Waals surface area contributed by atoms with Crippen LogP contribution in [0.2, 0.25) is 0 Å². The first-order valence-electron chi connectivity index (χ1n) is 13.0. The van der Waals surface area contributed by atoms with Crippen molar-refractivity contribution in [1.29, 1.82) is 0 Å². The lowest BCUT2D eigenvalue weighted by atomic mass is 9.87. The van der Waals surface area contributed by atoms with Gasteiger partial charge in [0.15, 0.2) is 6.10 Å². The third kappa shape index (κ3) is 6.44. The number of methoxy groups -OCH3 is 1. The van der Waals surface area contributed by atoms with Crippen molar-refractivity contribution in [3.63, 3.8) is 0 Å². The molecular formula is C32H33NO5S. The van der Waals surface area contributed by atoms with Crippen LogP contribution in [0.25, 0.3) is 0 Å². The van der Waals surface area contributed by atoms with Crippen molar-refractivity contribution in [3.05, 3.63) is 112 Å². The van der Waals surface area contributed by atoms with Crippen molar-refractivity contribution in [2.24, 2.45) is 0 Å². The number of hydrogen-bond donors (Lipinski definition) is 1. The molecule has 7 heteroatoms. The molecule has 4 aromatic rings. The zero-order valence-electron chi connectivity index (χ0n) is 22.4. The Kier molecular flexibility index (Phi) is 8.19. The van der Waals surface area contributed by atoms with Gasteiger partial charge in [0.2, 0.25) is 0 Å². The van der Waals surface area contributed by atoms with Crippen LogP contribution in [0.15, 0.2) is 90.3 Å². The number of hydrogen-bond acceptors (Lipinski definition) is 7. The average Bonchev–Trinajstić information content (AvgIpc) is 3.50. The first-order valence-corrected chi connectivity index (χ1v) is 13.9. The van der Waals surface area contributed by atoms with Gasteiger partial charge in [-0.3, -0.25) is 0 Å². The standard InChI is InChI=1S/C32H33NO5S/c1-32(2)30(37-31(34)28-10-7-19-39-28)29(36-18-17-22-8-5-4-6-9-22)26-20-24(13-16-27(26)38-32)33-21-23-11-14-25(35-3)15-12-23/h4-16,19-20,29-30,33H,17-18,21H2,1-3H3. The molecule has 3 aromatic carbocycles. The molecule has 0 aliphatic carbocycles. The maximum atomic E-state index is 13.0. The number of nitrogens with one attached hydrogen (secondary N) is 1. The second kappa shape index (κ2) is 11.9. The van der Waals surface area contributed by atoms with Crippen LogP contribution in [0.3, 0.4) is 0 Å². The Morgan fingerprint density at radius 3 is 2.49 bits per heavy atom. The van der Waals surface area contributed by atoms with Crippen LogP contribution in [0.5, 0.6) is 11.5 Å². The van der Waals surface area contributed by atoms with Crippen LogP contribution in [0, 0.1) is 0 Å². The Hall–Kier alpha value is -3.81. The highest BCUT2D eigenvalue weighted by Crippen LogP contribution is 2.44. The van der Waals surface area contributed by atoms with E-state index < -0.39 is 17.8 Å². The predicted octanol–water partition coefficient (Wildman–Crippen LogP) is 7.07. The smallest absolute Gasteiger partial charge is 0.348 e. The normalized spacial score (nSPS) is 17.5. The van der Waals surface area contributed by atoms with Crippen LogP contribution >= 0.6 is 11.3 Å². The number of fused-ring (bicyclic) bond motifs is 1. The van der Waals surface area contributed by atoms with Gasteiger partial charge in [0.25, 0.3) is 0 Å². The summed E-state index contributed by atoms with van der Waals surface area (Å²) in [5.74, 6) is 1.18. The minimum absolute atomic E-state index is 0.374. The first kappa shape index (κ1) is 26.8. The van der Waals surface area contributed by atoms with E-state index in [1.54, 1.807) is 13.2 Å². The number of ether oxygens (including phenoxy) is 4. The van der Waals surface area contributed by atoms with E-state index in [2.05, 4.69) is 17.4 Å². The molecular weight excluding hydrogens is 510 g/mol. The number of rotatable bonds is 10. The van der Waals surface area contributed by atoms with E-state index in [-0.39, 0.29) is 5.97 Å². The molecule has 0 fully saturated rings. The second-order valence-electron chi connectivity index (χ2n) is 9.99. The van der Waals surface area contributed by atoms with Gasteiger partial charge in [-0.05, 0) is 73.2 Å². The summed E-state index contributed by atoms with van der Waals surface area (Å²) in [6.45, 7) is 4.99. The average molecular weight is 544 g/mol. The largest absolute Gasteiger partial charge is 0.497 e. The zero-order valence-corrected chi connectivity index (χ0v) is 23.2. The Morgan fingerprint density at radius 2 is 1.77 bits per heavy atom. The lowest BCUT2D eigenvalue weighted by Crippen LogP contribution is -2.51. The fourth-order valence-electron chi connectivity index (χ4n) is 4.69. The van der Waals surface area contributed by atoms with Gasteiger partial charge in [-0.25, -0.2) is 4.79 Å². The summed E-state index contributed by atoms with van der Waals surface area (Å²) in [5, 5.41) is 5.36. The van der Waals surface area contributed by atoms with E-state index in [4.69, 9.17) is 18.9 Å². The molecule has 1 N–H and O–H groups in total. The van der Waals surface area contributed by atoms with Crippen LogP contribution in [-0.4, -0.2) is 31.4 Å². The van der Waals surface area contributed by atoms with E-state index >= 15 is 0 Å². The molecule has 1 aliphatic heterocycles. The third-order valence-corrected chi connectivity index (χ3v) is 7.64. The molecule has 2 heterocycles. The van der Waals surface area contributed by atoms with Crippen LogP contribution in [0.4, 0.5) is 5.69 Å². The lowest BCUT2D eigenvalue weighted by molar-refractivity contribution is -0.139. The van der Waals surface area contributed by atoms with E-state index in [9.17, 15) is 4.79 Å². The molecule has 0 spiro atoms. The molecule has 0 saturated heterocycles. The Labute approximate surface area is 233 Å². The van der Waals surface area contributed by atoms with Crippen LogP contribution < -0.4 is 14.8 Å². The summed E-state index contributed by atoms with van der Waals surface area (Å²) < 4.78 is 24.3. The van der Waals surface area contributed by atoms with Crippen molar-refractivity contribution < 1.29 is 23.7 Å². The minimum atomic E-state index is -0.796. The molecule has 2 unspecified atom stereocenters. The van der Waals surface area contributed by atoms with Crippen molar-refractivity contribution in [3.8, 4) is 11.5 Å². The molecule has 2 atom stereocenters. The van der Waals surface area contributed by atoms with Gasteiger partial charge >= 0.3 is 5.97 Å². The number of anilines is 1. The van der Waals surface area contributed by atoms with Gasteiger partial charge in [-0.2, -0.15) is 0 Å². The Morgan fingerprint density at radius 1 is 0.974 bits per heavy atom. The highest BCUT2D eigenvalue weighted by molar-refractivity contribution is 7.11. The van der Waals surface area contributed by atoms with Crippen molar-refractivity contribution in [1.82, 2.24) is 0 Å². The second-order valence-corrected chi connectivity index (χ2v) is 10.9. The fraction of sp³-hybridized carbons (Fsp3) is 0.281. The molecule has 0 amide bonds. The number of thiophene rings is 1. The van der Waals surface area contributed by atoms with Gasteiger partial charge in [-0.15, -0.1) is 11.3 Å². The topological polar surface area (TPSA) is 66.0 Å². The molecule has 0 bridgehead atoms. The summed E-state index contributed by atoms with van der Waals surface area (Å²) in [7, 11) is 1.66. The maximum Gasteiger partial charge on any atom is 0.348 e. The van der Waals surface area contributed by atoms with Crippen molar-refractivity contribution >= 4 is 23.0 Å². The van der Waals surface area contributed by atoms with E-state index in [0.717, 1.165) is 34.7 Å². The minimum Gasteiger partial charge on any atom is -0.497 e. The van der Waals surface area contributed by atoms with Gasteiger partial charge < -0.3 is 24.3 Å². The van der Waals surface area contributed by atoms with Crippen LogP contribution in [-0.2, 0) is 22.4 Å². The highest BCUT2D eigenvalue weighted by Gasteiger charge is 2.47. The number of esters is 1. The van der Waals surface area contributed by atoms with E-state index in [0.29, 0.717) is 18.0 Å². The molecule has 0 saturated carbocycles. The summed E-state index contributed by atoms with van der Waals surface area (Å²) in [5.41, 5.74) is 3.30. The molecule has 0 radical (unpaired) electrons. The van der Waals surface area contributed by atoms with Gasteiger partial charge in [0, 0.05) is 17.8 Å². The molecule has 1 aliphatic rings. The predicted molar refractivity (Wildman–Crippen MR) is 154 cm³/mol. The number of benzene rings is 3. The van der Waals surface area contributed by atoms with Crippen LogP contribution in [0.1, 0.15) is 46.3 Å². The molecule has 6 nitrogen and oxygen atoms in total. The summed E-state index contributed by atoms with van der Waals surface area (Å²) in [6.07, 6.45) is -0.402. The van der Waals surface area contributed by atoms with Gasteiger partial charge in [0.05, 0.1) is 13.7 Å². The monoisotopic (exact) mass is 543 g/mol. The summed E-state index contributed by atoms with van der Waals surface area (Å²) in [6, 6.07) is 27.8. The first-order chi connectivity index (χ1) is 18.9. The summed E-state index contributed by atoms with van der Waals surface area (Å²) in [4.78, 5) is 13.6. The summed E-state index contributed by atoms with van der Waals surface area (Å²) >= 11 is 1.36.